The summed E-state index contributed by atoms with van der Waals surface area (Å²) in [6.07, 6.45) is 3.00. The normalized spacial score (nSPS) is 11.1. The first-order valence-electron chi connectivity index (χ1n) is 9.60. The Bertz CT molecular complexity index is 1200. The monoisotopic (exact) mass is 387 g/mol. The average Bonchev–Trinajstić information content (AvgIpc) is 3.34. The minimum absolute atomic E-state index is 0.0166. The number of aromatic nitrogens is 4. The summed E-state index contributed by atoms with van der Waals surface area (Å²) in [7, 11) is 0. The maximum Gasteiger partial charge on any atom is 0.258 e. The van der Waals surface area contributed by atoms with Gasteiger partial charge in [0, 0.05) is 29.3 Å². The molecule has 0 atom stereocenters. The number of nitrogens with zero attached hydrogens (tertiary/aromatic N) is 5. The first-order valence-corrected chi connectivity index (χ1v) is 9.60. The topological polar surface area (TPSA) is 89.8 Å². The Hall–Kier alpha value is -3.66. The van der Waals surface area contributed by atoms with Gasteiger partial charge >= 0.3 is 0 Å². The van der Waals surface area contributed by atoms with Gasteiger partial charge in [-0.05, 0) is 44.5 Å². The quantitative estimate of drug-likeness (QED) is 0.471. The molecule has 0 saturated carbocycles. The molecule has 2 aromatic carbocycles. The number of fused-ring (bicyclic) bond motifs is 1. The van der Waals surface area contributed by atoms with E-state index in [-0.39, 0.29) is 6.10 Å². The summed E-state index contributed by atoms with van der Waals surface area (Å²) in [6, 6.07) is 13.3. The zero-order valence-corrected chi connectivity index (χ0v) is 16.6. The van der Waals surface area contributed by atoms with Crippen LogP contribution >= 0.6 is 0 Å². The molecule has 0 amide bonds. The maximum absolute atomic E-state index is 9.44. The zero-order chi connectivity index (χ0) is 20.4. The van der Waals surface area contributed by atoms with E-state index in [1.54, 1.807) is 12.1 Å². The van der Waals surface area contributed by atoms with Crippen molar-refractivity contribution in [2.24, 2.45) is 0 Å². The Morgan fingerprint density at radius 3 is 2.86 bits per heavy atom. The van der Waals surface area contributed by atoms with Gasteiger partial charge in [-0.1, -0.05) is 24.2 Å². The van der Waals surface area contributed by atoms with Crippen LogP contribution in [0.4, 0.5) is 0 Å². The first kappa shape index (κ1) is 18.7. The lowest BCUT2D eigenvalue weighted by molar-refractivity contribution is 0.242. The molecule has 0 N–H and O–H groups in total. The highest BCUT2D eigenvalue weighted by Gasteiger charge is 2.16. The van der Waals surface area contributed by atoms with Crippen molar-refractivity contribution in [2.45, 2.75) is 39.8 Å². The van der Waals surface area contributed by atoms with Gasteiger partial charge in [0.1, 0.15) is 11.8 Å². The summed E-state index contributed by atoms with van der Waals surface area (Å²) < 4.78 is 13.1. The Morgan fingerprint density at radius 1 is 1.24 bits per heavy atom. The first-order chi connectivity index (χ1) is 14.1. The van der Waals surface area contributed by atoms with Gasteiger partial charge in [0.2, 0.25) is 5.82 Å². The SMILES string of the molecule is CCCn1cc2c(-c3noc(-c4ccc(OC(C)C)c(C#N)c4)n3)cccc2n1. The molecule has 7 nitrogen and oxygen atoms in total. The van der Waals surface area contributed by atoms with Crippen molar-refractivity contribution in [1.82, 2.24) is 19.9 Å². The Labute approximate surface area is 168 Å². The third kappa shape index (κ3) is 3.69. The van der Waals surface area contributed by atoms with Crippen molar-refractivity contribution < 1.29 is 9.26 Å². The van der Waals surface area contributed by atoms with Crippen LogP contribution in [0.5, 0.6) is 5.75 Å². The summed E-state index contributed by atoms with van der Waals surface area (Å²) in [5, 5.41) is 19.2. The van der Waals surface area contributed by atoms with Crippen LogP contribution in [0.15, 0.2) is 47.1 Å². The molecule has 2 heterocycles. The zero-order valence-electron chi connectivity index (χ0n) is 16.6. The van der Waals surface area contributed by atoms with Crippen molar-refractivity contribution in [2.75, 3.05) is 0 Å². The lowest BCUT2D eigenvalue weighted by atomic mass is 10.1. The third-order valence-corrected chi connectivity index (χ3v) is 4.43. The molecule has 0 radical (unpaired) electrons. The lowest BCUT2D eigenvalue weighted by Gasteiger charge is -2.11. The van der Waals surface area contributed by atoms with Crippen LogP contribution in [0.25, 0.3) is 33.7 Å². The lowest BCUT2D eigenvalue weighted by Crippen LogP contribution is -2.06. The maximum atomic E-state index is 9.44. The molecular formula is C22H21N5O2. The molecule has 146 valence electrons. The van der Waals surface area contributed by atoms with Gasteiger partial charge in [-0.25, -0.2) is 0 Å². The van der Waals surface area contributed by atoms with Crippen molar-refractivity contribution >= 4 is 10.9 Å². The highest BCUT2D eigenvalue weighted by molar-refractivity contribution is 5.92. The fourth-order valence-electron chi connectivity index (χ4n) is 3.19. The van der Waals surface area contributed by atoms with Crippen LogP contribution in [0.1, 0.15) is 32.8 Å². The Balaban J connectivity index is 1.71. The summed E-state index contributed by atoms with van der Waals surface area (Å²) in [5.41, 5.74) is 2.86. The van der Waals surface area contributed by atoms with Crippen molar-refractivity contribution in [3.05, 3.63) is 48.2 Å². The Morgan fingerprint density at radius 2 is 2.10 bits per heavy atom. The van der Waals surface area contributed by atoms with Crippen molar-refractivity contribution in [3.8, 4) is 34.7 Å². The second-order valence-corrected chi connectivity index (χ2v) is 7.04. The van der Waals surface area contributed by atoms with Crippen LogP contribution in [0.3, 0.4) is 0 Å². The molecule has 0 aliphatic rings. The minimum Gasteiger partial charge on any atom is -0.490 e. The number of hydrogen-bond acceptors (Lipinski definition) is 6. The smallest absolute Gasteiger partial charge is 0.258 e. The van der Waals surface area contributed by atoms with Gasteiger partial charge in [-0.3, -0.25) is 4.68 Å². The summed E-state index contributed by atoms with van der Waals surface area (Å²) in [6.45, 7) is 6.81. The van der Waals surface area contributed by atoms with E-state index in [1.165, 1.54) is 0 Å². The van der Waals surface area contributed by atoms with E-state index in [2.05, 4.69) is 28.2 Å². The van der Waals surface area contributed by atoms with Gasteiger partial charge in [-0.2, -0.15) is 15.3 Å². The van der Waals surface area contributed by atoms with Crippen molar-refractivity contribution in [1.29, 1.82) is 5.26 Å². The van der Waals surface area contributed by atoms with E-state index >= 15 is 0 Å². The van der Waals surface area contributed by atoms with Gasteiger partial charge in [0.15, 0.2) is 0 Å². The molecule has 0 bridgehead atoms. The highest BCUT2D eigenvalue weighted by atomic mass is 16.5. The van der Waals surface area contributed by atoms with Crippen LogP contribution in [0.2, 0.25) is 0 Å². The number of nitriles is 1. The van der Waals surface area contributed by atoms with E-state index < -0.39 is 0 Å². The molecule has 4 rings (SSSR count). The molecular weight excluding hydrogens is 366 g/mol. The third-order valence-electron chi connectivity index (χ3n) is 4.43. The predicted molar refractivity (Wildman–Crippen MR) is 109 cm³/mol. The van der Waals surface area contributed by atoms with E-state index in [0.29, 0.717) is 28.6 Å². The second-order valence-electron chi connectivity index (χ2n) is 7.04. The Kier molecular flexibility index (Phi) is 5.00. The van der Waals surface area contributed by atoms with Crippen molar-refractivity contribution in [3.63, 3.8) is 0 Å². The van der Waals surface area contributed by atoms with E-state index in [9.17, 15) is 5.26 Å². The van der Waals surface area contributed by atoms with Crippen LogP contribution in [-0.2, 0) is 6.54 Å². The van der Waals surface area contributed by atoms with Gasteiger partial charge in [-0.15, -0.1) is 0 Å². The average molecular weight is 387 g/mol. The molecule has 0 spiro atoms. The predicted octanol–water partition coefficient (Wildman–Crippen LogP) is 4.82. The number of aryl methyl sites for hydroxylation is 1. The summed E-state index contributed by atoms with van der Waals surface area (Å²) in [4.78, 5) is 4.56. The fourth-order valence-corrected chi connectivity index (χ4v) is 3.19. The van der Waals surface area contributed by atoms with E-state index in [1.807, 2.05) is 49.0 Å². The largest absolute Gasteiger partial charge is 0.490 e. The van der Waals surface area contributed by atoms with Crippen LogP contribution in [0, 0.1) is 11.3 Å². The molecule has 0 saturated heterocycles. The van der Waals surface area contributed by atoms with Crippen LogP contribution < -0.4 is 4.74 Å². The number of ether oxygens (including phenoxy) is 1. The van der Waals surface area contributed by atoms with E-state index in [4.69, 9.17) is 9.26 Å². The molecule has 0 fully saturated rings. The molecule has 0 unspecified atom stereocenters. The fraction of sp³-hybridized carbons (Fsp3) is 0.273. The molecule has 29 heavy (non-hydrogen) atoms. The standard InChI is InChI=1S/C22H21N5O2/c1-4-10-27-13-18-17(6-5-7-19(18)25-27)21-24-22(29-26-21)15-8-9-20(28-14(2)3)16(11-15)12-23/h5-9,11,13-14H,4,10H2,1-3H3. The summed E-state index contributed by atoms with van der Waals surface area (Å²) >= 11 is 0. The highest BCUT2D eigenvalue weighted by Crippen LogP contribution is 2.30. The van der Waals surface area contributed by atoms with Gasteiger partial charge in [0.25, 0.3) is 5.89 Å². The summed E-state index contributed by atoms with van der Waals surface area (Å²) in [5.74, 6) is 1.38. The van der Waals surface area contributed by atoms with Gasteiger partial charge in [0.05, 0.1) is 17.2 Å². The number of benzene rings is 2. The van der Waals surface area contributed by atoms with Gasteiger partial charge < -0.3 is 9.26 Å². The molecule has 0 aliphatic heterocycles. The molecule has 4 aromatic rings. The molecule has 7 heteroatoms. The minimum atomic E-state index is -0.0166. The number of hydrogen-bond donors (Lipinski definition) is 0. The molecule has 2 aromatic heterocycles. The second kappa shape index (κ2) is 7.76. The van der Waals surface area contributed by atoms with E-state index in [0.717, 1.165) is 29.4 Å². The van der Waals surface area contributed by atoms with Crippen LogP contribution in [-0.4, -0.2) is 26.0 Å². The molecule has 0 aliphatic carbocycles. The number of rotatable bonds is 6.